The van der Waals surface area contributed by atoms with E-state index in [1.54, 1.807) is 84.9 Å². The van der Waals surface area contributed by atoms with Crippen molar-refractivity contribution in [3.05, 3.63) is 125 Å². The summed E-state index contributed by atoms with van der Waals surface area (Å²) in [5.41, 5.74) is -0.916. The first-order valence-corrected chi connectivity index (χ1v) is 21.6. The molecule has 2 aromatic heterocycles. The van der Waals surface area contributed by atoms with E-state index in [9.17, 15) is 4.79 Å². The highest BCUT2D eigenvalue weighted by atomic mass is 32.1. The highest BCUT2D eigenvalue weighted by molar-refractivity contribution is 7.18. The van der Waals surface area contributed by atoms with Gasteiger partial charge in [-0.05, 0) is 97.9 Å². The van der Waals surface area contributed by atoms with Gasteiger partial charge in [0.25, 0.3) is 0 Å². The first-order chi connectivity index (χ1) is 28.4. The number of benzene rings is 3. The van der Waals surface area contributed by atoms with Crippen LogP contribution in [0.3, 0.4) is 0 Å². The molecule has 12 heteroatoms. The van der Waals surface area contributed by atoms with E-state index in [2.05, 4.69) is 6.58 Å². The Hall–Kier alpha value is -4.81. The largest absolute Gasteiger partial charge is 0.480 e. The first kappa shape index (κ1) is 40.9. The van der Waals surface area contributed by atoms with Crippen LogP contribution >= 0.6 is 22.7 Å². The van der Waals surface area contributed by atoms with E-state index in [1.807, 2.05) is 0 Å². The molecule has 3 aromatic carbocycles. The lowest BCUT2D eigenvalue weighted by atomic mass is 9.95. The summed E-state index contributed by atoms with van der Waals surface area (Å²) in [6, 6.07) is 24.8. The number of carbonyl (C=O) groups excluding carboxylic acids is 1. The van der Waals surface area contributed by atoms with Gasteiger partial charge in [-0.25, -0.2) is 4.79 Å². The average molecular weight is 849 g/mol. The number of thiophene rings is 2. The van der Waals surface area contributed by atoms with Gasteiger partial charge in [-0.2, -0.15) is 26.3 Å². The maximum absolute atomic E-state index is 16.5. The van der Waals surface area contributed by atoms with Gasteiger partial charge in [0.2, 0.25) is 0 Å². The van der Waals surface area contributed by atoms with Crippen LogP contribution in [-0.4, -0.2) is 35.9 Å². The molecule has 0 amide bonds. The second-order valence-electron chi connectivity index (χ2n) is 15.3. The molecule has 4 nitrogen and oxygen atoms in total. The number of ether oxygens (including phenoxy) is 3. The minimum Gasteiger partial charge on any atom is -0.480 e. The molecule has 2 fully saturated rings. The zero-order valence-corrected chi connectivity index (χ0v) is 33.7. The molecule has 2 saturated carbocycles. The molecule has 59 heavy (non-hydrogen) atoms. The Balaban J connectivity index is 1.22. The Morgan fingerprint density at radius 2 is 1.12 bits per heavy atom. The first-order valence-electron chi connectivity index (χ1n) is 19.9. The Labute approximate surface area is 347 Å². The van der Waals surface area contributed by atoms with Crippen molar-refractivity contribution in [2.75, 3.05) is 0 Å². The van der Waals surface area contributed by atoms with E-state index in [-0.39, 0.29) is 22.8 Å². The Kier molecular flexibility index (Phi) is 11.6. The molecule has 0 saturated heterocycles. The third-order valence-corrected chi connectivity index (χ3v) is 13.5. The van der Waals surface area contributed by atoms with Crippen molar-refractivity contribution in [3.8, 4) is 31.0 Å². The molecule has 8 rings (SSSR count). The van der Waals surface area contributed by atoms with Crippen LogP contribution in [0.4, 0.5) is 26.3 Å². The molecule has 0 aliphatic heterocycles. The lowest BCUT2D eigenvalue weighted by molar-refractivity contribution is -0.254. The van der Waals surface area contributed by atoms with Crippen LogP contribution in [-0.2, 0) is 11.3 Å². The van der Waals surface area contributed by atoms with Crippen molar-refractivity contribution in [2.45, 2.75) is 101 Å². The molecule has 0 atom stereocenters. The molecule has 5 aromatic rings. The van der Waals surface area contributed by atoms with Crippen molar-refractivity contribution >= 4 is 45.9 Å². The summed E-state index contributed by atoms with van der Waals surface area (Å²) in [5, 5.41) is -0.215. The van der Waals surface area contributed by atoms with E-state index in [0.717, 1.165) is 66.8 Å². The summed E-state index contributed by atoms with van der Waals surface area (Å²) in [6.07, 6.45) is 8.62. The van der Waals surface area contributed by atoms with Crippen LogP contribution in [0.5, 0.6) is 10.1 Å². The summed E-state index contributed by atoms with van der Waals surface area (Å²) in [6.45, 7) is 3.65. The molecule has 0 spiro atoms. The van der Waals surface area contributed by atoms with Crippen LogP contribution in [0, 0.1) is 0 Å². The van der Waals surface area contributed by atoms with Gasteiger partial charge < -0.3 is 14.2 Å². The molecule has 2 heterocycles. The fourth-order valence-corrected chi connectivity index (χ4v) is 10.2. The maximum Gasteiger partial charge on any atom is 0.380 e. The van der Waals surface area contributed by atoms with Gasteiger partial charge in [0.05, 0.1) is 17.8 Å². The lowest BCUT2D eigenvalue weighted by Gasteiger charge is -2.26. The van der Waals surface area contributed by atoms with E-state index in [1.165, 1.54) is 12.1 Å². The number of halogens is 6. The molecule has 308 valence electrons. The van der Waals surface area contributed by atoms with Gasteiger partial charge in [0.1, 0.15) is 6.61 Å². The monoisotopic (exact) mass is 848 g/mol. The van der Waals surface area contributed by atoms with Gasteiger partial charge in [-0.15, -0.1) is 0 Å². The van der Waals surface area contributed by atoms with Crippen molar-refractivity contribution in [2.24, 2.45) is 0 Å². The van der Waals surface area contributed by atoms with Crippen molar-refractivity contribution in [3.63, 3.8) is 0 Å². The van der Waals surface area contributed by atoms with Crippen LogP contribution < -0.4 is 9.47 Å². The van der Waals surface area contributed by atoms with E-state index in [0.29, 0.717) is 57.7 Å². The fourth-order valence-electron chi connectivity index (χ4n) is 8.01. The van der Waals surface area contributed by atoms with Crippen LogP contribution in [0.2, 0.25) is 0 Å². The Morgan fingerprint density at radius 1 is 0.644 bits per heavy atom. The van der Waals surface area contributed by atoms with E-state index in [4.69, 9.17) is 14.2 Å². The molecule has 0 radical (unpaired) electrons. The highest BCUT2D eigenvalue weighted by Gasteiger charge is 2.81. The van der Waals surface area contributed by atoms with Crippen molar-refractivity contribution in [1.29, 1.82) is 0 Å². The molecule has 0 N–H and O–H groups in total. The van der Waals surface area contributed by atoms with E-state index >= 15 is 26.3 Å². The summed E-state index contributed by atoms with van der Waals surface area (Å²) >= 11 is 1.94. The molecule has 0 bridgehead atoms. The smallest absolute Gasteiger partial charge is 0.380 e. The molecular weight excluding hydrogens is 807 g/mol. The number of alkyl halides is 6. The van der Waals surface area contributed by atoms with Gasteiger partial charge in [0, 0.05) is 32.0 Å². The highest BCUT2D eigenvalue weighted by Crippen LogP contribution is 2.67. The SMILES string of the molecule is C=Cc1ccc(C(=O)OCc2ccc(-c3cc(C4=C(c5cc(-c6ccccc6)sc5OC5CCCCC5)C(F)(F)C(F)(F)C4(F)F)c(OC4CCCCC4)s3)cc2)cc1. The number of esters is 1. The topological polar surface area (TPSA) is 44.8 Å². The predicted molar refractivity (Wildman–Crippen MR) is 222 cm³/mol. The number of carbonyl (C=O) groups is 1. The van der Waals surface area contributed by atoms with Gasteiger partial charge in [-0.3, -0.25) is 0 Å². The lowest BCUT2D eigenvalue weighted by Crippen LogP contribution is -2.48. The predicted octanol–water partition coefficient (Wildman–Crippen LogP) is 14.4. The molecule has 0 unspecified atom stereocenters. The number of rotatable bonds is 12. The Morgan fingerprint density at radius 3 is 1.59 bits per heavy atom. The number of hydrogen-bond acceptors (Lipinski definition) is 6. The quantitative estimate of drug-likeness (QED) is 0.0927. The normalized spacial score (nSPS) is 19.1. The molecule has 3 aliphatic carbocycles. The van der Waals surface area contributed by atoms with Gasteiger partial charge in [-0.1, -0.05) is 115 Å². The summed E-state index contributed by atoms with van der Waals surface area (Å²) < 4.78 is 116. The number of hydrogen-bond donors (Lipinski definition) is 0. The minimum absolute atomic E-state index is 0.0580. The maximum atomic E-state index is 16.5. The fraction of sp³-hybridized carbons (Fsp3) is 0.340. The Bertz CT molecular complexity index is 2320. The molecular formula is C47H42F6O4S2. The zero-order chi connectivity index (χ0) is 41.4. The van der Waals surface area contributed by atoms with Crippen LogP contribution in [0.15, 0.2) is 97.6 Å². The van der Waals surface area contributed by atoms with Crippen LogP contribution in [0.25, 0.3) is 38.1 Å². The van der Waals surface area contributed by atoms with Crippen molar-refractivity contribution in [1.82, 2.24) is 0 Å². The summed E-state index contributed by atoms with van der Waals surface area (Å²) in [7, 11) is 0. The third kappa shape index (κ3) is 7.98. The van der Waals surface area contributed by atoms with Gasteiger partial charge >= 0.3 is 23.7 Å². The third-order valence-electron chi connectivity index (χ3n) is 11.3. The summed E-state index contributed by atoms with van der Waals surface area (Å²) in [4.78, 5) is 13.4. The zero-order valence-electron chi connectivity index (χ0n) is 32.1. The van der Waals surface area contributed by atoms with Crippen molar-refractivity contribution < 1.29 is 45.3 Å². The summed E-state index contributed by atoms with van der Waals surface area (Å²) in [5.74, 6) is -16.9. The second-order valence-corrected chi connectivity index (χ2v) is 17.3. The van der Waals surface area contributed by atoms with Crippen LogP contribution in [0.1, 0.15) is 96.8 Å². The average Bonchev–Trinajstić information content (AvgIpc) is 3.88. The standard InChI is InChI=1S/C47H42F6O4S2/c1-2-29-18-24-33(25-19-29)42(54)55-28-30-20-22-32(23-21-30)39-27-37(44(59-39)57-35-16-10-5-11-17-35)41-40(45(48,49)47(52,53)46(41,50)51)36-26-38(31-12-6-3-7-13-31)58-43(36)56-34-14-8-4-9-15-34/h2-3,6-7,12-13,18-27,34-35H,1,4-5,8-11,14-17,28H2. The minimum atomic E-state index is -5.77. The van der Waals surface area contributed by atoms with Gasteiger partial charge in [0.15, 0.2) is 10.1 Å². The number of allylic oxidation sites excluding steroid dienone is 2. The second kappa shape index (κ2) is 16.7. The molecule has 3 aliphatic rings. The van der Waals surface area contributed by atoms with E-state index < -0.39 is 52.1 Å².